The minimum Gasteiger partial charge on any atom is -0.486 e. The van der Waals surface area contributed by atoms with Gasteiger partial charge in [-0.1, -0.05) is 22.7 Å². The molecule has 3 aromatic rings. The van der Waals surface area contributed by atoms with Crippen molar-refractivity contribution in [3.05, 3.63) is 52.2 Å². The lowest BCUT2D eigenvalue weighted by Gasteiger charge is -2.08. The smallest absolute Gasteiger partial charge is 0.277 e. The van der Waals surface area contributed by atoms with Crippen LogP contribution in [-0.2, 0) is 6.61 Å². The van der Waals surface area contributed by atoms with Crippen molar-refractivity contribution in [3.8, 4) is 5.75 Å². The molecular formula is C13H10N4O3S. The molecular weight excluding hydrogens is 292 g/mol. The molecule has 0 atom stereocenters. The Balaban J connectivity index is 1.98. The third-order valence-corrected chi connectivity index (χ3v) is 3.60. The van der Waals surface area contributed by atoms with E-state index in [1.54, 1.807) is 30.3 Å². The normalized spacial score (nSPS) is 10.7. The number of non-ortho nitro benzene ring substituents is 1. The first kappa shape index (κ1) is 13.3. The fraction of sp³-hybridized carbons (Fsp3) is 0.0769. The Morgan fingerprint density at radius 3 is 2.67 bits per heavy atom. The molecule has 21 heavy (non-hydrogen) atoms. The lowest BCUT2D eigenvalue weighted by Crippen LogP contribution is -2.00. The largest absolute Gasteiger partial charge is 0.486 e. The van der Waals surface area contributed by atoms with E-state index in [1.807, 2.05) is 0 Å². The summed E-state index contributed by atoms with van der Waals surface area (Å²) in [5.74, 6) is 0.545. The van der Waals surface area contributed by atoms with E-state index in [4.69, 9.17) is 10.5 Å². The topological polar surface area (TPSA) is 104 Å². The Labute approximate surface area is 123 Å². The van der Waals surface area contributed by atoms with Gasteiger partial charge in [-0.15, -0.1) is 5.10 Å². The second-order valence-electron chi connectivity index (χ2n) is 4.26. The lowest BCUT2D eigenvalue weighted by atomic mass is 10.1. The number of nitrogens with zero attached hydrogens (tertiary/aromatic N) is 3. The summed E-state index contributed by atoms with van der Waals surface area (Å²) in [7, 11) is 0. The van der Waals surface area contributed by atoms with Gasteiger partial charge in [0.25, 0.3) is 5.69 Å². The number of nitrogens with two attached hydrogens (primary N) is 1. The van der Waals surface area contributed by atoms with Crippen molar-refractivity contribution in [1.82, 2.24) is 9.59 Å². The average Bonchev–Trinajstić information content (AvgIpc) is 2.89. The number of ether oxygens (including phenoxy) is 1. The fourth-order valence-corrected chi connectivity index (χ4v) is 2.43. The minimum atomic E-state index is -0.408. The number of fused-ring (bicyclic) bond motifs is 1. The van der Waals surface area contributed by atoms with Gasteiger partial charge in [-0.25, -0.2) is 0 Å². The number of hydrogen-bond acceptors (Lipinski definition) is 7. The molecule has 0 fully saturated rings. The van der Waals surface area contributed by atoms with Crippen molar-refractivity contribution in [2.45, 2.75) is 6.61 Å². The van der Waals surface area contributed by atoms with E-state index in [0.717, 1.165) is 11.5 Å². The van der Waals surface area contributed by atoms with E-state index in [2.05, 4.69) is 9.59 Å². The predicted octanol–water partition coefficient (Wildman–Crippen LogP) is 2.76. The molecule has 0 aliphatic heterocycles. The Bertz CT molecular complexity index is 818. The molecule has 0 saturated carbocycles. The summed E-state index contributed by atoms with van der Waals surface area (Å²) in [5.41, 5.74) is 6.31. The van der Waals surface area contributed by atoms with E-state index in [-0.39, 0.29) is 12.3 Å². The molecule has 0 spiro atoms. The second-order valence-corrected chi connectivity index (χ2v) is 5.04. The van der Waals surface area contributed by atoms with Gasteiger partial charge in [0.2, 0.25) is 0 Å². The highest BCUT2D eigenvalue weighted by Crippen LogP contribution is 2.33. The standard InChI is InChI=1S/C13H10N4O3S/c14-13-10(15-16-21-13)7-20-12-6-5-11(17(18)19)8-3-1-2-4-9(8)12/h1-6H,7,14H2. The SMILES string of the molecule is Nc1snnc1COc1ccc([N+](=O)[O-])c2ccccc12. The number of anilines is 1. The fourth-order valence-electron chi connectivity index (χ4n) is 2.00. The maximum Gasteiger partial charge on any atom is 0.277 e. The highest BCUT2D eigenvalue weighted by atomic mass is 32.1. The summed E-state index contributed by atoms with van der Waals surface area (Å²) in [6.45, 7) is 0.171. The van der Waals surface area contributed by atoms with Crippen LogP contribution in [0, 0.1) is 10.1 Å². The molecule has 0 aliphatic rings. The van der Waals surface area contributed by atoms with Crippen LogP contribution in [0.25, 0.3) is 10.8 Å². The molecule has 1 heterocycles. The van der Waals surface area contributed by atoms with Crippen LogP contribution in [-0.4, -0.2) is 14.5 Å². The van der Waals surface area contributed by atoms with E-state index in [1.165, 1.54) is 6.07 Å². The van der Waals surface area contributed by atoms with E-state index >= 15 is 0 Å². The van der Waals surface area contributed by atoms with Crippen molar-refractivity contribution in [3.63, 3.8) is 0 Å². The van der Waals surface area contributed by atoms with Crippen LogP contribution in [0.15, 0.2) is 36.4 Å². The summed E-state index contributed by atoms with van der Waals surface area (Å²) < 4.78 is 9.41. The van der Waals surface area contributed by atoms with Crippen molar-refractivity contribution >= 4 is 33.0 Å². The van der Waals surface area contributed by atoms with Crippen molar-refractivity contribution in [2.75, 3.05) is 5.73 Å². The van der Waals surface area contributed by atoms with Gasteiger partial charge in [-0.3, -0.25) is 10.1 Å². The van der Waals surface area contributed by atoms with Gasteiger partial charge in [-0.05, 0) is 12.1 Å². The zero-order valence-corrected chi connectivity index (χ0v) is 11.5. The summed E-state index contributed by atoms with van der Waals surface area (Å²) in [6.07, 6.45) is 0. The van der Waals surface area contributed by atoms with Crippen LogP contribution in [0.1, 0.15) is 5.69 Å². The first-order valence-corrected chi connectivity index (χ1v) is 6.80. The van der Waals surface area contributed by atoms with Crippen molar-refractivity contribution < 1.29 is 9.66 Å². The zero-order chi connectivity index (χ0) is 14.8. The third kappa shape index (κ3) is 2.48. The lowest BCUT2D eigenvalue weighted by molar-refractivity contribution is -0.383. The van der Waals surface area contributed by atoms with E-state index in [0.29, 0.717) is 27.2 Å². The molecule has 8 heteroatoms. The van der Waals surface area contributed by atoms with Crippen LogP contribution in [0.4, 0.5) is 10.7 Å². The highest BCUT2D eigenvalue weighted by molar-refractivity contribution is 7.09. The predicted molar refractivity (Wildman–Crippen MR) is 79.3 cm³/mol. The van der Waals surface area contributed by atoms with Gasteiger partial charge >= 0.3 is 0 Å². The van der Waals surface area contributed by atoms with Gasteiger partial charge in [0.05, 0.1) is 10.3 Å². The van der Waals surface area contributed by atoms with Gasteiger partial charge in [0.15, 0.2) is 0 Å². The molecule has 0 bridgehead atoms. The van der Waals surface area contributed by atoms with Gasteiger partial charge < -0.3 is 10.5 Å². The first-order chi connectivity index (χ1) is 10.2. The quantitative estimate of drug-likeness (QED) is 0.587. The van der Waals surface area contributed by atoms with Crippen LogP contribution < -0.4 is 10.5 Å². The monoisotopic (exact) mass is 302 g/mol. The first-order valence-electron chi connectivity index (χ1n) is 6.02. The van der Waals surface area contributed by atoms with Gasteiger partial charge in [0, 0.05) is 23.0 Å². The number of nitro groups is 1. The molecule has 0 unspecified atom stereocenters. The molecule has 3 rings (SSSR count). The second kappa shape index (κ2) is 5.33. The third-order valence-electron chi connectivity index (χ3n) is 3.01. The number of nitro benzene ring substituents is 1. The zero-order valence-electron chi connectivity index (χ0n) is 10.7. The maximum absolute atomic E-state index is 11.0. The van der Waals surface area contributed by atoms with Crippen molar-refractivity contribution in [1.29, 1.82) is 0 Å². The Morgan fingerprint density at radius 1 is 1.24 bits per heavy atom. The average molecular weight is 302 g/mol. The molecule has 0 amide bonds. The maximum atomic E-state index is 11.0. The molecule has 2 N–H and O–H groups in total. The number of aromatic nitrogens is 2. The van der Waals surface area contributed by atoms with Crippen LogP contribution >= 0.6 is 11.5 Å². The summed E-state index contributed by atoms with van der Waals surface area (Å²) in [6, 6.07) is 10.0. The van der Waals surface area contributed by atoms with Crippen LogP contribution in [0.3, 0.4) is 0 Å². The van der Waals surface area contributed by atoms with Gasteiger partial charge in [0.1, 0.15) is 23.1 Å². The Hall–Kier alpha value is -2.74. The van der Waals surface area contributed by atoms with Crippen LogP contribution in [0.5, 0.6) is 5.75 Å². The molecule has 2 aromatic carbocycles. The van der Waals surface area contributed by atoms with E-state index in [9.17, 15) is 10.1 Å². The summed E-state index contributed by atoms with van der Waals surface area (Å²) >= 11 is 1.10. The molecule has 1 aromatic heterocycles. The highest BCUT2D eigenvalue weighted by Gasteiger charge is 2.15. The molecule has 106 valence electrons. The number of rotatable bonds is 4. The summed E-state index contributed by atoms with van der Waals surface area (Å²) in [5, 5.41) is 16.6. The minimum absolute atomic E-state index is 0.0489. The van der Waals surface area contributed by atoms with Crippen LogP contribution in [0.2, 0.25) is 0 Å². The van der Waals surface area contributed by atoms with E-state index < -0.39 is 4.92 Å². The molecule has 0 aliphatic carbocycles. The molecule has 0 saturated heterocycles. The summed E-state index contributed by atoms with van der Waals surface area (Å²) in [4.78, 5) is 10.6. The number of benzene rings is 2. The molecule has 0 radical (unpaired) electrons. The Kier molecular flexibility index (Phi) is 3.36. The number of hydrogen-bond donors (Lipinski definition) is 1. The molecule has 7 nitrogen and oxygen atoms in total. The number of nitrogen functional groups attached to an aromatic ring is 1. The Morgan fingerprint density at radius 2 is 2.00 bits per heavy atom. The van der Waals surface area contributed by atoms with Crippen molar-refractivity contribution in [2.24, 2.45) is 0 Å². The van der Waals surface area contributed by atoms with Gasteiger partial charge in [-0.2, -0.15) is 0 Å².